The maximum atomic E-state index is 13.3. The fraction of sp³-hybridized carbons (Fsp3) is 0.318. The number of carbonyl (C=O) groups is 1. The van der Waals surface area contributed by atoms with Gasteiger partial charge < -0.3 is 19.3 Å². The average Bonchev–Trinajstić information content (AvgIpc) is 3.02. The number of hydrogen-bond donors (Lipinski definition) is 0. The Hall–Kier alpha value is -2.79. The summed E-state index contributed by atoms with van der Waals surface area (Å²) in [5.41, 5.74) is 4.62. The average molecular weight is 362 g/mol. The standard InChI is InChI=1S/C22H22N2O3/c1-26-17-9-7-16(8-10-17)23-12-11-15-13-14-5-3-4-6-18(14)24-19(15)20(23)21(27-2)22(24)25/h3-11,19-21H,12-13H2,1-2H3/t19-,20-,21+/m0/s1. The minimum absolute atomic E-state index is 0.0215. The van der Waals surface area contributed by atoms with Crippen molar-refractivity contribution in [3.63, 3.8) is 0 Å². The van der Waals surface area contributed by atoms with Gasteiger partial charge in [0.15, 0.2) is 6.10 Å². The van der Waals surface area contributed by atoms with Crippen molar-refractivity contribution in [1.29, 1.82) is 0 Å². The van der Waals surface area contributed by atoms with Gasteiger partial charge in [0.05, 0.1) is 19.2 Å². The smallest absolute Gasteiger partial charge is 0.258 e. The predicted octanol–water partition coefficient (Wildman–Crippen LogP) is 2.80. The van der Waals surface area contributed by atoms with Crippen molar-refractivity contribution in [3.8, 4) is 5.75 Å². The third-order valence-electron chi connectivity index (χ3n) is 5.99. The predicted molar refractivity (Wildman–Crippen MR) is 104 cm³/mol. The minimum Gasteiger partial charge on any atom is -0.497 e. The van der Waals surface area contributed by atoms with Crippen molar-refractivity contribution in [2.45, 2.75) is 24.6 Å². The van der Waals surface area contributed by atoms with Gasteiger partial charge in [0, 0.05) is 25.0 Å². The summed E-state index contributed by atoms with van der Waals surface area (Å²) in [5.74, 6) is 0.872. The molecule has 27 heavy (non-hydrogen) atoms. The van der Waals surface area contributed by atoms with Gasteiger partial charge >= 0.3 is 0 Å². The van der Waals surface area contributed by atoms with Gasteiger partial charge in [-0.2, -0.15) is 0 Å². The van der Waals surface area contributed by atoms with E-state index in [1.54, 1.807) is 14.2 Å². The number of benzene rings is 2. The summed E-state index contributed by atoms with van der Waals surface area (Å²) in [6, 6.07) is 16.2. The first kappa shape index (κ1) is 16.4. The minimum atomic E-state index is -0.480. The molecule has 3 aliphatic rings. The number of amides is 1. The molecular formula is C22H22N2O3. The molecule has 3 heterocycles. The summed E-state index contributed by atoms with van der Waals surface area (Å²) >= 11 is 0. The molecule has 0 aromatic heterocycles. The van der Waals surface area contributed by atoms with Crippen LogP contribution < -0.4 is 14.5 Å². The summed E-state index contributed by atoms with van der Waals surface area (Å²) in [4.78, 5) is 17.5. The molecule has 0 unspecified atom stereocenters. The Bertz CT molecular complexity index is 921. The molecule has 0 N–H and O–H groups in total. The number of para-hydroxylation sites is 1. The molecule has 5 nitrogen and oxygen atoms in total. The molecule has 2 aromatic carbocycles. The first-order valence-electron chi connectivity index (χ1n) is 9.26. The molecule has 5 rings (SSSR count). The molecule has 0 bridgehead atoms. The first-order chi connectivity index (χ1) is 13.2. The number of hydrogen-bond acceptors (Lipinski definition) is 4. The number of fused-ring (bicyclic) bond motifs is 2. The van der Waals surface area contributed by atoms with Crippen LogP contribution in [0.2, 0.25) is 0 Å². The van der Waals surface area contributed by atoms with Gasteiger partial charge in [-0.3, -0.25) is 4.79 Å². The zero-order chi connectivity index (χ0) is 18.5. The van der Waals surface area contributed by atoms with Gasteiger partial charge in [0.1, 0.15) is 5.75 Å². The monoisotopic (exact) mass is 362 g/mol. The first-order valence-corrected chi connectivity index (χ1v) is 9.26. The van der Waals surface area contributed by atoms with Gasteiger partial charge in [0.2, 0.25) is 0 Å². The second-order valence-electron chi connectivity index (χ2n) is 7.23. The van der Waals surface area contributed by atoms with E-state index in [-0.39, 0.29) is 18.0 Å². The highest BCUT2D eigenvalue weighted by Crippen LogP contribution is 2.44. The lowest BCUT2D eigenvalue weighted by molar-refractivity contribution is -0.125. The number of rotatable bonds is 3. The molecule has 1 saturated heterocycles. The molecule has 5 heteroatoms. The summed E-state index contributed by atoms with van der Waals surface area (Å²) in [5, 5.41) is 0. The Morgan fingerprint density at radius 1 is 1.04 bits per heavy atom. The number of nitrogens with zero attached hydrogens (tertiary/aromatic N) is 2. The lowest BCUT2D eigenvalue weighted by Crippen LogP contribution is -2.54. The van der Waals surface area contributed by atoms with Gasteiger partial charge in [-0.05, 0) is 47.9 Å². The molecule has 2 aromatic rings. The van der Waals surface area contributed by atoms with E-state index in [0.29, 0.717) is 0 Å². The van der Waals surface area contributed by atoms with E-state index in [1.165, 1.54) is 11.1 Å². The summed E-state index contributed by atoms with van der Waals surface area (Å²) < 4.78 is 11.0. The van der Waals surface area contributed by atoms with E-state index in [2.05, 4.69) is 17.0 Å². The van der Waals surface area contributed by atoms with Crippen molar-refractivity contribution < 1.29 is 14.3 Å². The van der Waals surface area contributed by atoms with Crippen molar-refractivity contribution in [2.75, 3.05) is 30.6 Å². The van der Waals surface area contributed by atoms with Gasteiger partial charge in [0.25, 0.3) is 5.91 Å². The van der Waals surface area contributed by atoms with E-state index in [0.717, 1.165) is 30.1 Å². The lowest BCUT2D eigenvalue weighted by atomic mass is 9.85. The van der Waals surface area contributed by atoms with Crippen LogP contribution in [0, 0.1) is 0 Å². The second kappa shape index (κ2) is 6.13. The highest BCUT2D eigenvalue weighted by atomic mass is 16.5. The number of anilines is 2. The van der Waals surface area contributed by atoms with Crippen molar-refractivity contribution in [1.82, 2.24) is 0 Å². The summed E-state index contributed by atoms with van der Waals surface area (Å²) in [7, 11) is 3.30. The van der Waals surface area contributed by atoms with Gasteiger partial charge in [-0.25, -0.2) is 0 Å². The SMILES string of the molecule is COc1ccc(N2CC=C3Cc4ccccc4N4C(=O)[C@H](OC)[C@@H]2[C@H]34)cc1. The van der Waals surface area contributed by atoms with Crippen LogP contribution in [0.3, 0.4) is 0 Å². The third kappa shape index (κ3) is 2.31. The fourth-order valence-electron chi connectivity index (χ4n) is 4.77. The summed E-state index contributed by atoms with van der Waals surface area (Å²) in [6.07, 6.45) is 2.69. The molecule has 0 saturated carbocycles. The Morgan fingerprint density at radius 3 is 2.56 bits per heavy atom. The van der Waals surface area contributed by atoms with E-state index in [1.807, 2.05) is 47.4 Å². The van der Waals surface area contributed by atoms with Crippen LogP contribution in [-0.2, 0) is 16.0 Å². The van der Waals surface area contributed by atoms with Crippen molar-refractivity contribution in [3.05, 3.63) is 65.7 Å². The Labute approximate surface area is 158 Å². The zero-order valence-electron chi connectivity index (χ0n) is 15.5. The van der Waals surface area contributed by atoms with E-state index < -0.39 is 6.10 Å². The molecule has 3 atom stereocenters. The largest absolute Gasteiger partial charge is 0.497 e. The molecule has 0 aliphatic carbocycles. The Kier molecular flexibility index (Phi) is 3.72. The van der Waals surface area contributed by atoms with Crippen LogP contribution in [-0.4, -0.2) is 44.9 Å². The van der Waals surface area contributed by atoms with E-state index in [4.69, 9.17) is 9.47 Å². The highest BCUT2D eigenvalue weighted by Gasteiger charge is 2.56. The van der Waals surface area contributed by atoms with Crippen molar-refractivity contribution >= 4 is 17.3 Å². The molecule has 1 amide bonds. The fourth-order valence-corrected chi connectivity index (χ4v) is 4.77. The van der Waals surface area contributed by atoms with Gasteiger partial charge in [-0.1, -0.05) is 24.3 Å². The Morgan fingerprint density at radius 2 is 1.81 bits per heavy atom. The van der Waals surface area contributed by atoms with E-state index in [9.17, 15) is 4.79 Å². The number of carbonyl (C=O) groups excluding carboxylic acids is 1. The second-order valence-corrected chi connectivity index (χ2v) is 7.23. The molecule has 1 fully saturated rings. The number of ether oxygens (including phenoxy) is 2. The topological polar surface area (TPSA) is 42.0 Å². The maximum absolute atomic E-state index is 13.3. The molecule has 138 valence electrons. The van der Waals surface area contributed by atoms with Crippen molar-refractivity contribution in [2.24, 2.45) is 0 Å². The lowest BCUT2D eigenvalue weighted by Gasteiger charge is -2.44. The van der Waals surface area contributed by atoms with Crippen LogP contribution in [0.4, 0.5) is 11.4 Å². The normalized spacial score (nSPS) is 25.8. The molecule has 3 aliphatic heterocycles. The Balaban J connectivity index is 1.61. The van der Waals surface area contributed by atoms with E-state index >= 15 is 0 Å². The highest BCUT2D eigenvalue weighted by molar-refractivity contribution is 6.03. The third-order valence-corrected chi connectivity index (χ3v) is 5.99. The van der Waals surface area contributed by atoms with Gasteiger partial charge in [-0.15, -0.1) is 0 Å². The van der Waals surface area contributed by atoms with Crippen LogP contribution in [0.15, 0.2) is 60.2 Å². The van der Waals surface area contributed by atoms with Crippen LogP contribution in [0.25, 0.3) is 0 Å². The zero-order valence-corrected chi connectivity index (χ0v) is 15.5. The quantitative estimate of drug-likeness (QED) is 0.788. The molecule has 0 radical (unpaired) electrons. The maximum Gasteiger partial charge on any atom is 0.258 e. The molecular weight excluding hydrogens is 340 g/mol. The summed E-state index contributed by atoms with van der Waals surface area (Å²) in [6.45, 7) is 0.770. The van der Waals surface area contributed by atoms with Crippen LogP contribution in [0.1, 0.15) is 5.56 Å². The van der Waals surface area contributed by atoms with Crippen LogP contribution in [0.5, 0.6) is 5.75 Å². The van der Waals surface area contributed by atoms with Crippen LogP contribution >= 0.6 is 0 Å². The molecule has 0 spiro atoms. The number of methoxy groups -OCH3 is 2.